The Bertz CT molecular complexity index is 1270. The minimum Gasteiger partial charge on any atom is -0.507 e. The van der Waals surface area contributed by atoms with Gasteiger partial charge in [0.1, 0.15) is 11.6 Å². The maximum absolute atomic E-state index is 12.8. The standard InChI is InChI=1S/C26H32N4O3/c1-25(2,3)19-13-17(14-20(23(19)32)26(4,5)6)16-27-28-21-15-22(31)29(7)24(33)30(21)18-11-9-8-10-12-18/h8-16,28,32H,1-7H3/b27-16+. The van der Waals surface area contributed by atoms with Crippen LogP contribution in [-0.2, 0) is 17.9 Å². The lowest BCUT2D eigenvalue weighted by atomic mass is 9.78. The van der Waals surface area contributed by atoms with Gasteiger partial charge in [-0.2, -0.15) is 5.10 Å². The van der Waals surface area contributed by atoms with Crippen LogP contribution in [0.4, 0.5) is 5.82 Å². The Labute approximate surface area is 194 Å². The number of nitrogens with one attached hydrogen (secondary N) is 1. The van der Waals surface area contributed by atoms with Crippen LogP contribution < -0.4 is 16.7 Å². The fourth-order valence-corrected chi connectivity index (χ4v) is 3.58. The summed E-state index contributed by atoms with van der Waals surface area (Å²) in [6.45, 7) is 12.3. The van der Waals surface area contributed by atoms with Gasteiger partial charge < -0.3 is 5.11 Å². The average molecular weight is 449 g/mol. The molecule has 0 amide bonds. The summed E-state index contributed by atoms with van der Waals surface area (Å²) < 4.78 is 2.45. The first kappa shape index (κ1) is 24.0. The van der Waals surface area contributed by atoms with Crippen LogP contribution in [-0.4, -0.2) is 20.5 Å². The highest BCUT2D eigenvalue weighted by Crippen LogP contribution is 2.39. The second kappa shape index (κ2) is 8.73. The molecule has 7 heteroatoms. The van der Waals surface area contributed by atoms with E-state index >= 15 is 0 Å². The minimum atomic E-state index is -0.471. The summed E-state index contributed by atoms with van der Waals surface area (Å²) >= 11 is 0. The number of anilines is 1. The van der Waals surface area contributed by atoms with Crippen LogP contribution in [0.5, 0.6) is 5.75 Å². The summed E-state index contributed by atoms with van der Waals surface area (Å²) in [6, 6.07) is 14.2. The van der Waals surface area contributed by atoms with Gasteiger partial charge in [-0.3, -0.25) is 14.8 Å². The average Bonchev–Trinajstić information content (AvgIpc) is 2.72. The highest BCUT2D eigenvalue weighted by atomic mass is 16.3. The van der Waals surface area contributed by atoms with Crippen molar-refractivity contribution in [2.45, 2.75) is 52.4 Å². The summed E-state index contributed by atoms with van der Waals surface area (Å²) in [4.78, 5) is 25.1. The van der Waals surface area contributed by atoms with E-state index in [0.29, 0.717) is 11.4 Å². The van der Waals surface area contributed by atoms with Gasteiger partial charge in [-0.15, -0.1) is 0 Å². The van der Waals surface area contributed by atoms with E-state index in [0.717, 1.165) is 21.3 Å². The van der Waals surface area contributed by atoms with Crippen molar-refractivity contribution in [3.05, 3.63) is 86.1 Å². The Morgan fingerprint density at radius 2 is 1.45 bits per heavy atom. The van der Waals surface area contributed by atoms with E-state index in [9.17, 15) is 14.7 Å². The molecule has 0 aliphatic carbocycles. The van der Waals surface area contributed by atoms with Crippen LogP contribution >= 0.6 is 0 Å². The first-order valence-corrected chi connectivity index (χ1v) is 10.9. The molecule has 0 fully saturated rings. The van der Waals surface area contributed by atoms with Gasteiger partial charge in [0.15, 0.2) is 0 Å². The Hall–Kier alpha value is -3.61. The molecule has 0 radical (unpaired) electrons. The summed E-state index contributed by atoms with van der Waals surface area (Å²) in [5.41, 5.74) is 4.49. The monoisotopic (exact) mass is 448 g/mol. The van der Waals surface area contributed by atoms with Crippen LogP contribution in [0.2, 0.25) is 0 Å². The molecule has 0 spiro atoms. The minimum absolute atomic E-state index is 0.261. The van der Waals surface area contributed by atoms with Crippen molar-refractivity contribution in [1.29, 1.82) is 0 Å². The zero-order valence-electron chi connectivity index (χ0n) is 20.3. The number of nitrogens with zero attached hydrogens (tertiary/aromatic N) is 3. The summed E-state index contributed by atoms with van der Waals surface area (Å²) in [6.07, 6.45) is 1.63. The molecule has 1 aromatic heterocycles. The molecular weight excluding hydrogens is 416 g/mol. The predicted octanol–water partition coefficient (Wildman–Crippen LogP) is 4.28. The number of hydrogen-bond acceptors (Lipinski definition) is 5. The Morgan fingerprint density at radius 3 is 1.97 bits per heavy atom. The number of hydrogen-bond donors (Lipinski definition) is 2. The van der Waals surface area contributed by atoms with Crippen molar-refractivity contribution in [3.63, 3.8) is 0 Å². The Balaban J connectivity index is 2.07. The molecule has 2 N–H and O–H groups in total. The van der Waals surface area contributed by atoms with Crippen LogP contribution in [0.15, 0.2) is 63.2 Å². The molecule has 0 bridgehead atoms. The maximum atomic E-state index is 12.8. The molecule has 0 aliphatic heterocycles. The molecule has 1 heterocycles. The van der Waals surface area contributed by atoms with Crippen molar-refractivity contribution in [3.8, 4) is 11.4 Å². The van der Waals surface area contributed by atoms with Gasteiger partial charge in [0.25, 0.3) is 5.56 Å². The topological polar surface area (TPSA) is 88.6 Å². The molecule has 0 saturated heterocycles. The number of rotatable bonds is 4. The molecule has 33 heavy (non-hydrogen) atoms. The van der Waals surface area contributed by atoms with E-state index in [1.165, 1.54) is 17.7 Å². The van der Waals surface area contributed by atoms with Gasteiger partial charge in [0.2, 0.25) is 0 Å². The van der Waals surface area contributed by atoms with Gasteiger partial charge in [-0.05, 0) is 40.7 Å². The van der Waals surface area contributed by atoms with Crippen LogP contribution in [0.25, 0.3) is 5.69 Å². The Kier molecular flexibility index (Phi) is 6.36. The van der Waals surface area contributed by atoms with E-state index in [-0.39, 0.29) is 16.6 Å². The zero-order chi connectivity index (χ0) is 24.6. The van der Waals surface area contributed by atoms with E-state index < -0.39 is 11.2 Å². The van der Waals surface area contributed by atoms with Gasteiger partial charge in [-0.1, -0.05) is 59.7 Å². The maximum Gasteiger partial charge on any atom is 0.336 e. The smallest absolute Gasteiger partial charge is 0.336 e. The van der Waals surface area contributed by atoms with Crippen molar-refractivity contribution in [2.75, 3.05) is 5.43 Å². The van der Waals surface area contributed by atoms with Crippen LogP contribution in [0.3, 0.4) is 0 Å². The molecule has 7 nitrogen and oxygen atoms in total. The fraction of sp³-hybridized carbons (Fsp3) is 0.346. The third kappa shape index (κ3) is 5.08. The summed E-state index contributed by atoms with van der Waals surface area (Å²) in [5.74, 6) is 0.556. The summed E-state index contributed by atoms with van der Waals surface area (Å²) in [5, 5.41) is 15.2. The first-order chi connectivity index (χ1) is 15.3. The van der Waals surface area contributed by atoms with Gasteiger partial charge in [-0.25, -0.2) is 9.36 Å². The van der Waals surface area contributed by atoms with Gasteiger partial charge >= 0.3 is 5.69 Å². The molecule has 0 unspecified atom stereocenters. The number of aromatic nitrogens is 2. The number of phenolic OH excluding ortho intramolecular Hbond substituents is 1. The molecule has 0 atom stereocenters. The Morgan fingerprint density at radius 1 is 0.909 bits per heavy atom. The highest BCUT2D eigenvalue weighted by Gasteiger charge is 2.26. The molecule has 3 rings (SSSR count). The second-order valence-electron chi connectivity index (χ2n) is 10.2. The van der Waals surface area contributed by atoms with Crippen LogP contribution in [0, 0.1) is 0 Å². The van der Waals surface area contributed by atoms with E-state index in [1.807, 2.05) is 71.9 Å². The number of hydrazone groups is 1. The van der Waals surface area contributed by atoms with Crippen molar-refractivity contribution in [1.82, 2.24) is 9.13 Å². The van der Waals surface area contributed by atoms with E-state index in [4.69, 9.17) is 0 Å². The summed E-state index contributed by atoms with van der Waals surface area (Å²) in [7, 11) is 1.44. The van der Waals surface area contributed by atoms with Crippen LogP contribution in [0.1, 0.15) is 58.2 Å². The zero-order valence-corrected chi connectivity index (χ0v) is 20.3. The number of phenols is 1. The van der Waals surface area contributed by atoms with Gasteiger partial charge in [0, 0.05) is 24.2 Å². The fourth-order valence-electron chi connectivity index (χ4n) is 3.58. The van der Waals surface area contributed by atoms with Crippen molar-refractivity contribution >= 4 is 12.0 Å². The molecule has 0 aliphatic rings. The highest BCUT2D eigenvalue weighted by molar-refractivity contribution is 5.82. The first-order valence-electron chi connectivity index (χ1n) is 10.9. The largest absolute Gasteiger partial charge is 0.507 e. The molecule has 3 aromatic rings. The van der Waals surface area contributed by atoms with Crippen molar-refractivity contribution in [2.24, 2.45) is 12.1 Å². The number of benzene rings is 2. The number of para-hydroxylation sites is 1. The normalized spacial score (nSPS) is 12.3. The molecule has 174 valence electrons. The predicted molar refractivity (Wildman–Crippen MR) is 134 cm³/mol. The quantitative estimate of drug-likeness (QED) is 0.461. The van der Waals surface area contributed by atoms with E-state index in [1.54, 1.807) is 18.3 Å². The third-order valence-electron chi connectivity index (χ3n) is 5.47. The molecule has 0 saturated carbocycles. The lowest BCUT2D eigenvalue weighted by Gasteiger charge is -2.27. The lowest BCUT2D eigenvalue weighted by molar-refractivity contribution is 0.423. The molecule has 2 aromatic carbocycles. The lowest BCUT2D eigenvalue weighted by Crippen LogP contribution is -2.37. The molecular formula is C26H32N4O3. The third-order valence-corrected chi connectivity index (χ3v) is 5.47. The SMILES string of the molecule is Cn1c(=O)cc(N/N=C/c2cc(C(C)(C)C)c(O)c(C(C)(C)C)c2)n(-c2ccccc2)c1=O. The van der Waals surface area contributed by atoms with Gasteiger partial charge in [0.05, 0.1) is 11.9 Å². The van der Waals surface area contributed by atoms with Crippen molar-refractivity contribution < 1.29 is 5.11 Å². The number of aromatic hydroxyl groups is 1. The van der Waals surface area contributed by atoms with E-state index in [2.05, 4.69) is 10.5 Å². The second-order valence-corrected chi connectivity index (χ2v) is 10.2.